The van der Waals surface area contributed by atoms with Crippen molar-refractivity contribution in [3.05, 3.63) is 0 Å². The summed E-state index contributed by atoms with van der Waals surface area (Å²) in [5.74, 6) is 0. The van der Waals surface area contributed by atoms with Gasteiger partial charge in [-0.2, -0.15) is 0 Å². The van der Waals surface area contributed by atoms with Crippen LogP contribution >= 0.6 is 0 Å². The normalized spacial score (nSPS) is 27.9. The van der Waals surface area contributed by atoms with Crippen molar-refractivity contribution in [2.75, 3.05) is 27.4 Å². The average molecular weight is 231 g/mol. The first-order valence-electron chi connectivity index (χ1n) is 6.21. The largest absolute Gasteiger partial charge is 0.391 e. The van der Waals surface area contributed by atoms with E-state index in [-0.39, 0.29) is 6.10 Å². The zero-order valence-electron chi connectivity index (χ0n) is 10.4. The fourth-order valence-electron chi connectivity index (χ4n) is 2.32. The average Bonchev–Trinajstić information content (AvgIpc) is 2.30. The Kier molecular flexibility index (Phi) is 6.96. The molecule has 0 aromatic carbocycles. The molecule has 0 radical (unpaired) electrons. The van der Waals surface area contributed by atoms with Gasteiger partial charge in [-0.3, -0.25) is 0 Å². The highest BCUT2D eigenvalue weighted by Gasteiger charge is 2.24. The predicted octanol–water partition coefficient (Wildman–Crippen LogP) is 0.931. The van der Waals surface area contributed by atoms with Gasteiger partial charge in [-0.1, -0.05) is 12.8 Å². The van der Waals surface area contributed by atoms with E-state index in [0.29, 0.717) is 18.8 Å². The monoisotopic (exact) mass is 231 g/mol. The van der Waals surface area contributed by atoms with Gasteiger partial charge in [-0.05, 0) is 25.8 Å². The van der Waals surface area contributed by atoms with Crippen LogP contribution in [0.15, 0.2) is 0 Å². The van der Waals surface area contributed by atoms with Gasteiger partial charge >= 0.3 is 0 Å². The first-order chi connectivity index (χ1) is 7.77. The second-order valence-corrected chi connectivity index (χ2v) is 4.52. The third kappa shape index (κ3) is 4.78. The van der Waals surface area contributed by atoms with E-state index in [9.17, 15) is 5.11 Å². The Morgan fingerprint density at radius 2 is 2.06 bits per heavy atom. The van der Waals surface area contributed by atoms with Crippen molar-refractivity contribution in [2.45, 2.75) is 50.4 Å². The van der Waals surface area contributed by atoms with Crippen molar-refractivity contribution in [3.8, 4) is 0 Å². The Morgan fingerprint density at radius 1 is 1.31 bits per heavy atom. The fraction of sp³-hybridized carbons (Fsp3) is 1.00. The zero-order chi connectivity index (χ0) is 11.8. The smallest absolute Gasteiger partial charge is 0.0785 e. The number of hydrogen-bond acceptors (Lipinski definition) is 4. The maximum atomic E-state index is 9.51. The first kappa shape index (κ1) is 13.9. The topological polar surface area (TPSA) is 50.7 Å². The number of nitrogens with one attached hydrogen (secondary N) is 1. The molecule has 1 aliphatic carbocycles. The summed E-state index contributed by atoms with van der Waals surface area (Å²) in [6.45, 7) is 1.25. The van der Waals surface area contributed by atoms with Crippen LogP contribution in [0.5, 0.6) is 0 Å². The van der Waals surface area contributed by atoms with Gasteiger partial charge in [0.25, 0.3) is 0 Å². The molecule has 0 aromatic rings. The maximum Gasteiger partial charge on any atom is 0.0785 e. The molecule has 0 saturated heterocycles. The molecule has 1 aliphatic rings. The van der Waals surface area contributed by atoms with Crippen molar-refractivity contribution in [1.29, 1.82) is 0 Å². The molecule has 96 valence electrons. The third-order valence-electron chi connectivity index (χ3n) is 3.25. The van der Waals surface area contributed by atoms with E-state index >= 15 is 0 Å². The number of methoxy groups -OCH3 is 2. The lowest BCUT2D eigenvalue weighted by molar-refractivity contribution is 0.0352. The van der Waals surface area contributed by atoms with Crippen molar-refractivity contribution in [2.24, 2.45) is 0 Å². The predicted molar refractivity (Wildman–Crippen MR) is 63.6 cm³/mol. The summed E-state index contributed by atoms with van der Waals surface area (Å²) in [5.41, 5.74) is 0. The van der Waals surface area contributed by atoms with Gasteiger partial charge in [0.1, 0.15) is 0 Å². The summed E-state index contributed by atoms with van der Waals surface area (Å²) >= 11 is 0. The summed E-state index contributed by atoms with van der Waals surface area (Å²) < 4.78 is 10.3. The number of aliphatic hydroxyl groups is 1. The molecule has 1 fully saturated rings. The minimum atomic E-state index is -0.359. The fourth-order valence-corrected chi connectivity index (χ4v) is 2.32. The molecule has 3 unspecified atom stereocenters. The lowest BCUT2D eigenvalue weighted by Gasteiger charge is -2.31. The van der Waals surface area contributed by atoms with E-state index in [0.717, 1.165) is 19.4 Å². The van der Waals surface area contributed by atoms with E-state index in [1.165, 1.54) is 19.3 Å². The van der Waals surface area contributed by atoms with Crippen LogP contribution in [0.3, 0.4) is 0 Å². The van der Waals surface area contributed by atoms with Crippen LogP contribution < -0.4 is 5.32 Å². The molecule has 16 heavy (non-hydrogen) atoms. The summed E-state index contributed by atoms with van der Waals surface area (Å²) in [7, 11) is 3.39. The van der Waals surface area contributed by atoms with Crippen LogP contribution in [0, 0.1) is 0 Å². The van der Waals surface area contributed by atoms with Crippen molar-refractivity contribution < 1.29 is 14.6 Å². The molecule has 0 bridgehead atoms. The van der Waals surface area contributed by atoms with Crippen LogP contribution in [0.25, 0.3) is 0 Å². The van der Waals surface area contributed by atoms with Crippen LogP contribution in [0.2, 0.25) is 0 Å². The highest BCUT2D eigenvalue weighted by atomic mass is 16.5. The maximum absolute atomic E-state index is 9.51. The van der Waals surface area contributed by atoms with Gasteiger partial charge in [0, 0.05) is 20.3 Å². The molecule has 0 spiro atoms. The van der Waals surface area contributed by atoms with Crippen molar-refractivity contribution in [1.82, 2.24) is 5.32 Å². The molecule has 1 rings (SSSR count). The molecule has 0 amide bonds. The lowest BCUT2D eigenvalue weighted by atomic mass is 9.92. The minimum absolute atomic E-state index is 0.341. The Balaban J connectivity index is 2.15. The summed E-state index contributed by atoms with van der Waals surface area (Å²) in [6, 6.07) is 0.452. The summed E-state index contributed by atoms with van der Waals surface area (Å²) in [6.07, 6.45) is 5.59. The van der Waals surface area contributed by atoms with Gasteiger partial charge in [-0.15, -0.1) is 0 Å². The van der Waals surface area contributed by atoms with E-state index in [1.807, 2.05) is 0 Å². The Bertz CT molecular complexity index is 178. The summed E-state index contributed by atoms with van der Waals surface area (Å²) in [5, 5.41) is 13.0. The molecular weight excluding hydrogens is 206 g/mol. The molecule has 2 N–H and O–H groups in total. The second-order valence-electron chi connectivity index (χ2n) is 4.52. The number of aliphatic hydroxyl groups excluding tert-OH is 1. The van der Waals surface area contributed by atoms with E-state index in [1.54, 1.807) is 14.2 Å². The Hall–Kier alpha value is -0.160. The summed E-state index contributed by atoms with van der Waals surface area (Å²) in [4.78, 5) is 0. The molecule has 0 aliphatic heterocycles. The standard InChI is InChI=1S/C12H25NO3/c1-15-9-10(14)7-8-13-11-5-3-4-6-12(11)16-2/h10-14H,3-9H2,1-2H3. The van der Waals surface area contributed by atoms with Gasteiger partial charge in [0.15, 0.2) is 0 Å². The SMILES string of the molecule is COCC(O)CCNC1CCCCC1OC. The first-order valence-corrected chi connectivity index (χ1v) is 6.21. The molecule has 0 aromatic heterocycles. The highest BCUT2D eigenvalue weighted by molar-refractivity contribution is 4.81. The Labute approximate surface area is 98.3 Å². The molecule has 4 nitrogen and oxygen atoms in total. The molecule has 3 atom stereocenters. The van der Waals surface area contributed by atoms with E-state index < -0.39 is 0 Å². The van der Waals surface area contributed by atoms with Crippen LogP contribution in [0.4, 0.5) is 0 Å². The van der Waals surface area contributed by atoms with Gasteiger partial charge in [0.05, 0.1) is 18.8 Å². The zero-order valence-corrected chi connectivity index (χ0v) is 10.4. The van der Waals surface area contributed by atoms with Crippen LogP contribution in [-0.4, -0.2) is 50.7 Å². The van der Waals surface area contributed by atoms with Crippen LogP contribution in [0.1, 0.15) is 32.1 Å². The molecule has 1 saturated carbocycles. The second kappa shape index (κ2) is 8.01. The van der Waals surface area contributed by atoms with Crippen molar-refractivity contribution in [3.63, 3.8) is 0 Å². The van der Waals surface area contributed by atoms with Crippen LogP contribution in [-0.2, 0) is 9.47 Å². The third-order valence-corrected chi connectivity index (χ3v) is 3.25. The molecule has 0 heterocycles. The number of rotatable bonds is 7. The molecular formula is C12H25NO3. The Morgan fingerprint density at radius 3 is 2.75 bits per heavy atom. The van der Waals surface area contributed by atoms with Gasteiger partial charge in [-0.25, -0.2) is 0 Å². The van der Waals surface area contributed by atoms with Gasteiger partial charge in [0.2, 0.25) is 0 Å². The lowest BCUT2D eigenvalue weighted by Crippen LogP contribution is -2.44. The highest BCUT2D eigenvalue weighted by Crippen LogP contribution is 2.20. The van der Waals surface area contributed by atoms with Crippen molar-refractivity contribution >= 4 is 0 Å². The molecule has 4 heteroatoms. The minimum Gasteiger partial charge on any atom is -0.391 e. The van der Waals surface area contributed by atoms with E-state index in [2.05, 4.69) is 5.32 Å². The quantitative estimate of drug-likeness (QED) is 0.684. The van der Waals surface area contributed by atoms with Gasteiger partial charge < -0.3 is 19.9 Å². The number of ether oxygens (including phenoxy) is 2. The number of hydrogen-bond donors (Lipinski definition) is 2. The van der Waals surface area contributed by atoms with E-state index in [4.69, 9.17) is 9.47 Å².